The molecule has 20 heavy (non-hydrogen) atoms. The molecule has 0 saturated heterocycles. The minimum atomic E-state index is -1.86. The normalized spacial score (nSPS) is 14.3. The van der Waals surface area contributed by atoms with Gasteiger partial charge in [0.15, 0.2) is 11.6 Å². The third kappa shape index (κ3) is 2.48. The first-order chi connectivity index (χ1) is 9.56. The number of benzene rings is 1. The number of carbonyl (C=O) groups excluding carboxylic acids is 2. The van der Waals surface area contributed by atoms with Gasteiger partial charge in [0.05, 0.1) is 5.56 Å². The number of carbonyl (C=O) groups is 2. The van der Waals surface area contributed by atoms with E-state index in [1.807, 2.05) is 6.07 Å². The molecule has 1 aromatic rings. The number of fused-ring (bicyclic) bond motifs is 1. The SMILES string of the molecule is CC[Si](CC)(CC)Oc1cccc2c1C(=O)C=CC2=O. The molecule has 0 atom stereocenters. The molecule has 2 rings (SSSR count). The minimum absolute atomic E-state index is 0.123. The molecule has 4 heteroatoms. The van der Waals surface area contributed by atoms with Crippen molar-refractivity contribution >= 4 is 19.9 Å². The van der Waals surface area contributed by atoms with Gasteiger partial charge in [-0.2, -0.15) is 0 Å². The predicted molar refractivity (Wildman–Crippen MR) is 82.1 cm³/mol. The van der Waals surface area contributed by atoms with Gasteiger partial charge >= 0.3 is 0 Å². The Morgan fingerprint density at radius 2 is 1.55 bits per heavy atom. The maximum Gasteiger partial charge on any atom is 0.250 e. The standard InChI is InChI=1S/C16H20O3Si/c1-4-20(5-2,6-3)19-15-9-7-8-12-13(17)10-11-14(18)16(12)15/h7-11H,4-6H2,1-3H3. The first-order valence-corrected chi connectivity index (χ1v) is 9.68. The summed E-state index contributed by atoms with van der Waals surface area (Å²) in [6.07, 6.45) is 2.67. The van der Waals surface area contributed by atoms with Crippen molar-refractivity contribution in [3.05, 3.63) is 41.5 Å². The lowest BCUT2D eigenvalue weighted by atomic mass is 9.94. The van der Waals surface area contributed by atoms with Crippen LogP contribution in [-0.4, -0.2) is 19.9 Å². The molecule has 0 spiro atoms. The van der Waals surface area contributed by atoms with Crippen LogP contribution in [0.25, 0.3) is 0 Å². The second kappa shape index (κ2) is 5.75. The lowest BCUT2D eigenvalue weighted by molar-refractivity contribution is 0.0992. The lowest BCUT2D eigenvalue weighted by Gasteiger charge is -2.30. The van der Waals surface area contributed by atoms with Gasteiger partial charge in [0, 0.05) is 5.56 Å². The molecule has 1 aromatic carbocycles. The molecule has 0 bridgehead atoms. The highest BCUT2D eigenvalue weighted by molar-refractivity contribution is 6.74. The van der Waals surface area contributed by atoms with Gasteiger partial charge in [-0.15, -0.1) is 0 Å². The Hall–Kier alpha value is -1.68. The number of ketones is 2. The van der Waals surface area contributed by atoms with E-state index in [-0.39, 0.29) is 11.6 Å². The number of hydrogen-bond donors (Lipinski definition) is 0. The van der Waals surface area contributed by atoms with Gasteiger partial charge in [0.2, 0.25) is 0 Å². The van der Waals surface area contributed by atoms with E-state index in [0.29, 0.717) is 16.9 Å². The monoisotopic (exact) mass is 288 g/mol. The number of hydrogen-bond acceptors (Lipinski definition) is 3. The quantitative estimate of drug-likeness (QED) is 0.769. The first kappa shape index (κ1) is 14.7. The van der Waals surface area contributed by atoms with Crippen molar-refractivity contribution in [1.82, 2.24) is 0 Å². The van der Waals surface area contributed by atoms with Crippen LogP contribution in [0.4, 0.5) is 0 Å². The fourth-order valence-corrected chi connectivity index (χ4v) is 5.17. The fourth-order valence-electron chi connectivity index (χ4n) is 2.60. The van der Waals surface area contributed by atoms with Crippen LogP contribution in [0, 0.1) is 0 Å². The molecular formula is C16H20O3Si. The summed E-state index contributed by atoms with van der Waals surface area (Å²) in [5.41, 5.74) is 0.897. The summed E-state index contributed by atoms with van der Waals surface area (Å²) in [5.74, 6) is 0.325. The van der Waals surface area contributed by atoms with Crippen molar-refractivity contribution in [2.45, 2.75) is 38.9 Å². The van der Waals surface area contributed by atoms with E-state index in [2.05, 4.69) is 20.8 Å². The highest BCUT2D eigenvalue weighted by Gasteiger charge is 2.33. The Morgan fingerprint density at radius 1 is 0.950 bits per heavy atom. The van der Waals surface area contributed by atoms with Gasteiger partial charge in [-0.3, -0.25) is 9.59 Å². The second-order valence-electron chi connectivity index (χ2n) is 5.09. The van der Waals surface area contributed by atoms with Crippen molar-refractivity contribution in [1.29, 1.82) is 0 Å². The zero-order valence-corrected chi connectivity index (χ0v) is 13.2. The summed E-state index contributed by atoms with van der Waals surface area (Å²) in [7, 11) is -1.86. The summed E-state index contributed by atoms with van der Waals surface area (Å²) in [6.45, 7) is 6.42. The molecule has 0 N–H and O–H groups in total. The molecule has 0 radical (unpaired) electrons. The molecule has 1 aliphatic carbocycles. The molecule has 3 nitrogen and oxygen atoms in total. The zero-order valence-electron chi connectivity index (χ0n) is 12.2. The second-order valence-corrected chi connectivity index (χ2v) is 9.78. The van der Waals surface area contributed by atoms with E-state index in [1.165, 1.54) is 12.2 Å². The van der Waals surface area contributed by atoms with Crippen LogP contribution in [-0.2, 0) is 0 Å². The van der Waals surface area contributed by atoms with Gasteiger partial charge in [0.1, 0.15) is 5.75 Å². The molecule has 0 saturated carbocycles. The average Bonchev–Trinajstić information content (AvgIpc) is 2.49. The van der Waals surface area contributed by atoms with E-state index in [1.54, 1.807) is 12.1 Å². The Balaban J connectivity index is 2.48. The highest BCUT2D eigenvalue weighted by atomic mass is 28.4. The molecule has 106 valence electrons. The Labute approximate surface area is 120 Å². The van der Waals surface area contributed by atoms with E-state index >= 15 is 0 Å². The van der Waals surface area contributed by atoms with Crippen molar-refractivity contribution in [2.24, 2.45) is 0 Å². The topological polar surface area (TPSA) is 43.4 Å². The minimum Gasteiger partial charge on any atom is -0.543 e. The molecule has 0 aromatic heterocycles. The van der Waals surface area contributed by atoms with Gasteiger partial charge in [-0.25, -0.2) is 0 Å². The summed E-state index contributed by atoms with van der Waals surface area (Å²) in [6, 6.07) is 8.30. The van der Waals surface area contributed by atoms with Crippen LogP contribution < -0.4 is 4.43 Å². The average molecular weight is 288 g/mol. The van der Waals surface area contributed by atoms with Crippen molar-refractivity contribution in [3.8, 4) is 5.75 Å². The molecule has 0 fully saturated rings. The van der Waals surface area contributed by atoms with E-state index < -0.39 is 8.32 Å². The van der Waals surface area contributed by atoms with Crippen molar-refractivity contribution < 1.29 is 14.0 Å². The van der Waals surface area contributed by atoms with E-state index in [0.717, 1.165) is 18.1 Å². The highest BCUT2D eigenvalue weighted by Crippen LogP contribution is 2.32. The van der Waals surface area contributed by atoms with Crippen molar-refractivity contribution in [3.63, 3.8) is 0 Å². The fraction of sp³-hybridized carbons (Fsp3) is 0.375. The third-order valence-corrected chi connectivity index (χ3v) is 8.70. The molecule has 0 aliphatic heterocycles. The third-order valence-electron chi connectivity index (χ3n) is 4.18. The molecular weight excluding hydrogens is 268 g/mol. The van der Waals surface area contributed by atoms with Gasteiger partial charge < -0.3 is 4.43 Å². The van der Waals surface area contributed by atoms with Crippen LogP contribution in [0.15, 0.2) is 30.4 Å². The maximum atomic E-state index is 12.1. The molecule has 1 aliphatic rings. The lowest BCUT2D eigenvalue weighted by Crippen LogP contribution is -2.40. The smallest absolute Gasteiger partial charge is 0.250 e. The first-order valence-electron chi connectivity index (χ1n) is 7.15. The summed E-state index contributed by atoms with van der Waals surface area (Å²) >= 11 is 0. The Kier molecular flexibility index (Phi) is 4.23. The van der Waals surface area contributed by atoms with Crippen LogP contribution >= 0.6 is 0 Å². The van der Waals surface area contributed by atoms with E-state index in [9.17, 15) is 9.59 Å². The summed E-state index contributed by atoms with van der Waals surface area (Å²) in [4.78, 5) is 24.0. The van der Waals surface area contributed by atoms with E-state index in [4.69, 9.17) is 4.43 Å². The van der Waals surface area contributed by atoms with Crippen LogP contribution in [0.5, 0.6) is 5.75 Å². The largest absolute Gasteiger partial charge is 0.543 e. The molecule has 0 amide bonds. The summed E-state index contributed by atoms with van der Waals surface area (Å²) < 4.78 is 6.30. The Morgan fingerprint density at radius 3 is 2.15 bits per heavy atom. The number of allylic oxidation sites excluding steroid dienone is 2. The molecule has 0 unspecified atom stereocenters. The molecule has 0 heterocycles. The Bertz CT molecular complexity index is 563. The predicted octanol–water partition coefficient (Wildman–Crippen LogP) is 4.01. The van der Waals surface area contributed by atoms with Gasteiger partial charge in [-0.05, 0) is 36.4 Å². The van der Waals surface area contributed by atoms with Crippen LogP contribution in [0.3, 0.4) is 0 Å². The number of rotatable bonds is 5. The summed E-state index contributed by atoms with van der Waals surface area (Å²) in [5, 5.41) is 0. The van der Waals surface area contributed by atoms with Crippen LogP contribution in [0.1, 0.15) is 41.5 Å². The van der Waals surface area contributed by atoms with Gasteiger partial charge in [0.25, 0.3) is 8.32 Å². The maximum absolute atomic E-state index is 12.1. The van der Waals surface area contributed by atoms with Crippen molar-refractivity contribution in [2.75, 3.05) is 0 Å². The van der Waals surface area contributed by atoms with Crippen LogP contribution in [0.2, 0.25) is 18.1 Å². The van der Waals surface area contributed by atoms with Gasteiger partial charge in [-0.1, -0.05) is 32.9 Å². The zero-order chi connectivity index (χ0) is 14.8.